The monoisotopic (exact) mass is 313 g/mol. The largest absolute Gasteiger partial charge is 0.497 e. The Morgan fingerprint density at radius 2 is 1.83 bits per heavy atom. The van der Waals surface area contributed by atoms with E-state index in [0.717, 1.165) is 15.9 Å². The lowest BCUT2D eigenvalue weighted by Gasteiger charge is -2.16. The van der Waals surface area contributed by atoms with E-state index in [4.69, 9.17) is 4.74 Å². The van der Waals surface area contributed by atoms with Crippen LogP contribution in [0.5, 0.6) is 5.75 Å². The Kier molecular flexibility index (Phi) is 4.91. The van der Waals surface area contributed by atoms with Gasteiger partial charge in [-0.15, -0.1) is 0 Å². The highest BCUT2D eigenvalue weighted by Gasteiger charge is 2.09. The zero-order chi connectivity index (χ0) is 17.0. The van der Waals surface area contributed by atoms with Gasteiger partial charge in [-0.3, -0.25) is 9.36 Å². The molecule has 1 aromatic carbocycles. The highest BCUT2D eigenvalue weighted by molar-refractivity contribution is 5.44. The molecular weight excluding hydrogens is 294 g/mol. The van der Waals surface area contributed by atoms with Crippen LogP contribution in [0.3, 0.4) is 0 Å². The molecule has 120 valence electrons. The lowest BCUT2D eigenvalue weighted by Crippen LogP contribution is -2.40. The summed E-state index contributed by atoms with van der Waals surface area (Å²) in [6.45, 7) is 0.374. The summed E-state index contributed by atoms with van der Waals surface area (Å²) in [5.74, 6) is 6.83. The van der Waals surface area contributed by atoms with Crippen molar-refractivity contribution >= 4 is 5.69 Å². The van der Waals surface area contributed by atoms with Gasteiger partial charge in [-0.1, -0.05) is 11.8 Å². The van der Waals surface area contributed by atoms with Crippen LogP contribution in [0, 0.1) is 11.8 Å². The summed E-state index contributed by atoms with van der Waals surface area (Å²) in [4.78, 5) is 25.5. The molecule has 0 aliphatic heterocycles. The van der Waals surface area contributed by atoms with Crippen LogP contribution in [0.15, 0.2) is 40.1 Å². The quantitative estimate of drug-likeness (QED) is 0.778. The molecule has 0 unspecified atom stereocenters. The number of benzene rings is 1. The predicted octanol–water partition coefficient (Wildman–Crippen LogP) is 0.580. The average Bonchev–Trinajstić information content (AvgIpc) is 2.56. The molecule has 0 saturated carbocycles. The lowest BCUT2D eigenvalue weighted by atomic mass is 10.2. The third-order valence-electron chi connectivity index (χ3n) is 3.48. The number of hydrogen-bond donors (Lipinski definition) is 0. The van der Waals surface area contributed by atoms with Gasteiger partial charge in [-0.05, 0) is 24.3 Å². The standard InChI is InChI=1S/C17H19N3O3/c1-18(15-12-19(2)17(22)20(3)16(15)21)11-5-6-13-7-9-14(23-4)10-8-13/h7-10,12H,11H2,1-4H3. The first-order chi connectivity index (χ1) is 10.9. The fourth-order valence-corrected chi connectivity index (χ4v) is 2.07. The van der Waals surface area contributed by atoms with Crippen LogP contribution in [0.4, 0.5) is 5.69 Å². The summed E-state index contributed by atoms with van der Waals surface area (Å²) in [6, 6.07) is 7.43. The molecule has 0 aliphatic rings. The SMILES string of the molecule is COc1ccc(C#CCN(C)c2cn(C)c(=O)n(C)c2=O)cc1. The minimum atomic E-state index is -0.350. The molecule has 0 aliphatic carbocycles. The number of hydrogen-bond acceptors (Lipinski definition) is 4. The topological polar surface area (TPSA) is 56.5 Å². The van der Waals surface area contributed by atoms with Gasteiger partial charge in [0.25, 0.3) is 5.56 Å². The van der Waals surface area contributed by atoms with Gasteiger partial charge in [-0.25, -0.2) is 4.79 Å². The Morgan fingerprint density at radius 3 is 2.43 bits per heavy atom. The predicted molar refractivity (Wildman–Crippen MR) is 90.1 cm³/mol. The van der Waals surface area contributed by atoms with Crippen LogP contribution in [-0.4, -0.2) is 29.8 Å². The van der Waals surface area contributed by atoms with Crippen molar-refractivity contribution in [3.05, 3.63) is 56.9 Å². The summed E-state index contributed by atoms with van der Waals surface area (Å²) in [6.07, 6.45) is 1.53. The first kappa shape index (κ1) is 16.4. The van der Waals surface area contributed by atoms with Crippen molar-refractivity contribution in [3.8, 4) is 17.6 Å². The Labute approximate surface area is 134 Å². The zero-order valence-electron chi connectivity index (χ0n) is 13.7. The van der Waals surface area contributed by atoms with Crippen LogP contribution in [0.2, 0.25) is 0 Å². The Bertz CT molecular complexity index is 867. The number of nitrogens with zero attached hydrogens (tertiary/aromatic N) is 3. The normalized spacial score (nSPS) is 9.91. The minimum absolute atomic E-state index is 0.332. The Hall–Kier alpha value is -2.94. The van der Waals surface area contributed by atoms with Gasteiger partial charge < -0.3 is 14.2 Å². The van der Waals surface area contributed by atoms with E-state index >= 15 is 0 Å². The molecule has 0 amide bonds. The molecule has 0 bridgehead atoms. The molecule has 23 heavy (non-hydrogen) atoms. The van der Waals surface area contributed by atoms with Crippen molar-refractivity contribution in [2.75, 3.05) is 25.6 Å². The number of aromatic nitrogens is 2. The second kappa shape index (κ2) is 6.88. The first-order valence-electron chi connectivity index (χ1n) is 7.04. The summed E-state index contributed by atoms with van der Waals surface area (Å²) in [7, 11) is 6.46. The van der Waals surface area contributed by atoms with Crippen LogP contribution in [0.1, 0.15) is 5.56 Å². The van der Waals surface area contributed by atoms with Gasteiger partial charge in [0.05, 0.1) is 13.7 Å². The summed E-state index contributed by atoms with van der Waals surface area (Å²) in [5.41, 5.74) is 0.615. The van der Waals surface area contributed by atoms with E-state index in [2.05, 4.69) is 11.8 Å². The van der Waals surface area contributed by atoms with Crippen molar-refractivity contribution in [2.45, 2.75) is 0 Å². The van der Waals surface area contributed by atoms with E-state index in [-0.39, 0.29) is 11.2 Å². The Morgan fingerprint density at radius 1 is 1.17 bits per heavy atom. The van der Waals surface area contributed by atoms with E-state index in [9.17, 15) is 9.59 Å². The molecule has 0 N–H and O–H groups in total. The first-order valence-corrected chi connectivity index (χ1v) is 7.04. The van der Waals surface area contributed by atoms with Crippen molar-refractivity contribution in [2.24, 2.45) is 14.1 Å². The molecule has 0 fully saturated rings. The molecule has 0 radical (unpaired) electrons. The highest BCUT2D eigenvalue weighted by atomic mass is 16.5. The van der Waals surface area contributed by atoms with Gasteiger partial charge in [0, 0.05) is 32.9 Å². The Balaban J connectivity index is 2.17. The number of aryl methyl sites for hydroxylation is 1. The molecule has 2 rings (SSSR count). The number of methoxy groups -OCH3 is 1. The second-order valence-electron chi connectivity index (χ2n) is 5.16. The zero-order valence-corrected chi connectivity index (χ0v) is 13.7. The third kappa shape index (κ3) is 3.64. The maximum atomic E-state index is 12.1. The maximum absolute atomic E-state index is 12.1. The average molecular weight is 313 g/mol. The minimum Gasteiger partial charge on any atom is -0.497 e. The number of ether oxygens (including phenoxy) is 1. The number of anilines is 1. The molecule has 1 aromatic heterocycles. The van der Waals surface area contributed by atoms with E-state index in [1.54, 1.807) is 26.1 Å². The van der Waals surface area contributed by atoms with Gasteiger partial charge in [0.1, 0.15) is 11.4 Å². The second-order valence-corrected chi connectivity index (χ2v) is 5.16. The summed E-state index contributed by atoms with van der Waals surface area (Å²) in [5, 5.41) is 0. The molecule has 0 atom stereocenters. The van der Waals surface area contributed by atoms with Crippen molar-refractivity contribution in [3.63, 3.8) is 0 Å². The van der Waals surface area contributed by atoms with Gasteiger partial charge in [-0.2, -0.15) is 0 Å². The highest BCUT2D eigenvalue weighted by Crippen LogP contribution is 2.10. The molecule has 6 heteroatoms. The molecular formula is C17H19N3O3. The fraction of sp³-hybridized carbons (Fsp3) is 0.294. The van der Waals surface area contributed by atoms with Crippen molar-refractivity contribution in [1.82, 2.24) is 9.13 Å². The maximum Gasteiger partial charge on any atom is 0.330 e. The van der Waals surface area contributed by atoms with Gasteiger partial charge in [0.15, 0.2) is 0 Å². The van der Waals surface area contributed by atoms with Gasteiger partial charge >= 0.3 is 5.69 Å². The van der Waals surface area contributed by atoms with Crippen molar-refractivity contribution < 1.29 is 4.74 Å². The molecule has 6 nitrogen and oxygen atoms in total. The summed E-state index contributed by atoms with van der Waals surface area (Å²) >= 11 is 0. The van der Waals surface area contributed by atoms with Crippen LogP contribution < -0.4 is 20.9 Å². The van der Waals surface area contributed by atoms with E-state index in [1.807, 2.05) is 24.3 Å². The van der Waals surface area contributed by atoms with E-state index in [1.165, 1.54) is 17.8 Å². The molecule has 0 saturated heterocycles. The fourth-order valence-electron chi connectivity index (χ4n) is 2.07. The van der Waals surface area contributed by atoms with E-state index < -0.39 is 0 Å². The van der Waals surface area contributed by atoms with Crippen molar-refractivity contribution in [1.29, 1.82) is 0 Å². The summed E-state index contributed by atoms with van der Waals surface area (Å²) < 4.78 is 7.56. The number of rotatable bonds is 3. The van der Waals surface area contributed by atoms with Crippen LogP contribution in [-0.2, 0) is 14.1 Å². The van der Waals surface area contributed by atoms with Crippen LogP contribution >= 0.6 is 0 Å². The molecule has 0 spiro atoms. The van der Waals surface area contributed by atoms with E-state index in [0.29, 0.717) is 12.2 Å². The third-order valence-corrected chi connectivity index (χ3v) is 3.48. The van der Waals surface area contributed by atoms with Gasteiger partial charge in [0.2, 0.25) is 0 Å². The van der Waals surface area contributed by atoms with Crippen LogP contribution in [0.25, 0.3) is 0 Å². The smallest absolute Gasteiger partial charge is 0.330 e. The molecule has 1 heterocycles. The molecule has 2 aromatic rings. The lowest BCUT2D eigenvalue weighted by molar-refractivity contribution is 0.415.